The largest absolute Gasteiger partial charge is 0.480 e. The summed E-state index contributed by atoms with van der Waals surface area (Å²) in [7, 11) is 1.68. The zero-order valence-corrected chi connectivity index (χ0v) is 12.7. The quantitative estimate of drug-likeness (QED) is 0.806. The number of carbonyl (C=O) groups is 2. The van der Waals surface area contributed by atoms with Gasteiger partial charge in [-0.15, -0.1) is 0 Å². The average Bonchev–Trinajstić information content (AvgIpc) is 2.42. The SMILES string of the molecule is COCC1CCCN(C(=O)N2CC(C)(OCC(=O)O)C2)C1. The molecule has 0 bridgehead atoms. The van der Waals surface area contributed by atoms with Crippen LogP contribution in [0.2, 0.25) is 0 Å². The van der Waals surface area contributed by atoms with E-state index in [1.54, 1.807) is 12.0 Å². The molecule has 0 radical (unpaired) electrons. The van der Waals surface area contributed by atoms with E-state index < -0.39 is 11.6 Å². The van der Waals surface area contributed by atoms with Crippen molar-refractivity contribution in [2.24, 2.45) is 5.92 Å². The number of carbonyl (C=O) groups excluding carboxylic acids is 1. The fraction of sp³-hybridized carbons (Fsp3) is 0.857. The highest BCUT2D eigenvalue weighted by Crippen LogP contribution is 2.27. The van der Waals surface area contributed by atoms with Crippen LogP contribution in [0.1, 0.15) is 19.8 Å². The van der Waals surface area contributed by atoms with E-state index in [1.165, 1.54) is 0 Å². The summed E-state index contributed by atoms with van der Waals surface area (Å²) in [4.78, 5) is 26.5. The second-order valence-corrected chi connectivity index (χ2v) is 6.18. The van der Waals surface area contributed by atoms with Crippen LogP contribution in [0, 0.1) is 5.92 Å². The first-order valence-electron chi connectivity index (χ1n) is 7.32. The van der Waals surface area contributed by atoms with Crippen molar-refractivity contribution in [1.82, 2.24) is 9.80 Å². The normalized spacial score (nSPS) is 24.6. The van der Waals surface area contributed by atoms with Gasteiger partial charge in [-0.05, 0) is 19.8 Å². The van der Waals surface area contributed by atoms with E-state index in [0.29, 0.717) is 25.6 Å². The molecule has 0 aliphatic carbocycles. The van der Waals surface area contributed by atoms with Gasteiger partial charge in [-0.1, -0.05) is 0 Å². The first kappa shape index (κ1) is 16.0. The number of rotatable bonds is 5. The molecule has 120 valence electrons. The molecule has 7 heteroatoms. The highest BCUT2D eigenvalue weighted by molar-refractivity contribution is 5.76. The fourth-order valence-electron chi connectivity index (χ4n) is 3.03. The predicted molar refractivity (Wildman–Crippen MR) is 75.1 cm³/mol. The van der Waals surface area contributed by atoms with Crippen molar-refractivity contribution in [3.05, 3.63) is 0 Å². The smallest absolute Gasteiger partial charge is 0.329 e. The summed E-state index contributed by atoms with van der Waals surface area (Å²) in [6.07, 6.45) is 2.09. The van der Waals surface area contributed by atoms with Crippen LogP contribution in [-0.2, 0) is 14.3 Å². The molecule has 1 atom stereocenters. The molecule has 2 heterocycles. The van der Waals surface area contributed by atoms with Crippen LogP contribution < -0.4 is 0 Å². The third-order valence-corrected chi connectivity index (χ3v) is 4.06. The minimum Gasteiger partial charge on any atom is -0.480 e. The molecule has 2 rings (SSSR count). The summed E-state index contributed by atoms with van der Waals surface area (Å²) >= 11 is 0. The van der Waals surface area contributed by atoms with Gasteiger partial charge in [0, 0.05) is 26.1 Å². The second kappa shape index (κ2) is 6.62. The number of hydrogen-bond acceptors (Lipinski definition) is 4. The van der Waals surface area contributed by atoms with Gasteiger partial charge >= 0.3 is 12.0 Å². The number of carboxylic acid groups (broad SMARTS) is 1. The van der Waals surface area contributed by atoms with Gasteiger partial charge in [-0.2, -0.15) is 0 Å². The molecule has 2 saturated heterocycles. The van der Waals surface area contributed by atoms with Crippen LogP contribution in [0.3, 0.4) is 0 Å². The van der Waals surface area contributed by atoms with E-state index in [1.807, 2.05) is 11.8 Å². The minimum atomic E-state index is -0.987. The Bertz CT molecular complexity index is 393. The topological polar surface area (TPSA) is 79.3 Å². The number of hydrogen-bond donors (Lipinski definition) is 1. The second-order valence-electron chi connectivity index (χ2n) is 6.18. The van der Waals surface area contributed by atoms with E-state index >= 15 is 0 Å². The molecule has 2 aliphatic heterocycles. The van der Waals surface area contributed by atoms with Crippen molar-refractivity contribution in [2.75, 3.05) is 46.5 Å². The molecule has 2 fully saturated rings. The Morgan fingerprint density at radius 3 is 2.67 bits per heavy atom. The van der Waals surface area contributed by atoms with Crippen LogP contribution in [-0.4, -0.2) is 79.0 Å². The molecule has 21 heavy (non-hydrogen) atoms. The lowest BCUT2D eigenvalue weighted by atomic mass is 9.96. The van der Waals surface area contributed by atoms with Gasteiger partial charge in [0.25, 0.3) is 0 Å². The van der Waals surface area contributed by atoms with Gasteiger partial charge < -0.3 is 24.4 Å². The van der Waals surface area contributed by atoms with Gasteiger partial charge in [-0.3, -0.25) is 0 Å². The monoisotopic (exact) mass is 300 g/mol. The molecule has 0 aromatic rings. The van der Waals surface area contributed by atoms with Crippen molar-refractivity contribution in [1.29, 1.82) is 0 Å². The minimum absolute atomic E-state index is 0.0206. The summed E-state index contributed by atoms with van der Waals surface area (Å²) in [6.45, 7) is 4.61. The van der Waals surface area contributed by atoms with Crippen molar-refractivity contribution >= 4 is 12.0 Å². The highest BCUT2D eigenvalue weighted by Gasteiger charge is 2.44. The Morgan fingerprint density at radius 2 is 2.05 bits per heavy atom. The third-order valence-electron chi connectivity index (χ3n) is 4.06. The average molecular weight is 300 g/mol. The van der Waals surface area contributed by atoms with Crippen molar-refractivity contribution in [3.63, 3.8) is 0 Å². The van der Waals surface area contributed by atoms with E-state index in [4.69, 9.17) is 14.6 Å². The number of aliphatic carboxylic acids is 1. The standard InChI is InChI=1S/C14H24N2O5/c1-14(21-8-12(17)18)9-16(10-14)13(19)15-5-3-4-11(6-15)7-20-2/h11H,3-10H2,1-2H3,(H,17,18). The summed E-state index contributed by atoms with van der Waals surface area (Å²) in [6, 6.07) is 0.0206. The van der Waals surface area contributed by atoms with Crippen molar-refractivity contribution in [2.45, 2.75) is 25.4 Å². The maximum Gasteiger partial charge on any atom is 0.329 e. The molecule has 0 aromatic carbocycles. The number of ether oxygens (including phenoxy) is 2. The van der Waals surface area contributed by atoms with E-state index in [0.717, 1.165) is 25.9 Å². The molecule has 2 aliphatic rings. The first-order valence-corrected chi connectivity index (χ1v) is 7.32. The van der Waals surface area contributed by atoms with E-state index in [-0.39, 0.29) is 12.6 Å². The molecule has 0 spiro atoms. The number of urea groups is 1. The number of likely N-dealkylation sites (tertiary alicyclic amines) is 2. The van der Waals surface area contributed by atoms with Gasteiger partial charge in [0.1, 0.15) is 12.2 Å². The number of methoxy groups -OCH3 is 1. The van der Waals surface area contributed by atoms with Crippen LogP contribution >= 0.6 is 0 Å². The summed E-state index contributed by atoms with van der Waals surface area (Å²) in [5.41, 5.74) is -0.532. The summed E-state index contributed by atoms with van der Waals surface area (Å²) in [5, 5.41) is 8.63. The van der Waals surface area contributed by atoms with Crippen LogP contribution in [0.4, 0.5) is 4.79 Å². The molecular formula is C14H24N2O5. The Hall–Kier alpha value is -1.34. The van der Waals surface area contributed by atoms with Crippen LogP contribution in [0.25, 0.3) is 0 Å². The lowest BCUT2D eigenvalue weighted by Gasteiger charge is -2.49. The molecule has 7 nitrogen and oxygen atoms in total. The molecule has 0 aromatic heterocycles. The number of amides is 2. The fourth-order valence-corrected chi connectivity index (χ4v) is 3.03. The van der Waals surface area contributed by atoms with E-state index in [2.05, 4.69) is 0 Å². The Kier molecular flexibility index (Phi) is 5.05. The Labute approximate surface area is 124 Å². The van der Waals surface area contributed by atoms with Gasteiger partial charge in [0.2, 0.25) is 0 Å². The van der Waals surface area contributed by atoms with Crippen LogP contribution in [0.5, 0.6) is 0 Å². The lowest BCUT2D eigenvalue weighted by Crippen LogP contribution is -2.66. The number of piperidine rings is 1. The zero-order valence-electron chi connectivity index (χ0n) is 12.7. The van der Waals surface area contributed by atoms with Crippen LogP contribution in [0.15, 0.2) is 0 Å². The Morgan fingerprint density at radius 1 is 1.33 bits per heavy atom. The number of nitrogens with zero attached hydrogens (tertiary/aromatic N) is 2. The highest BCUT2D eigenvalue weighted by atomic mass is 16.5. The maximum atomic E-state index is 12.4. The Balaban J connectivity index is 1.78. The number of carboxylic acids is 1. The van der Waals surface area contributed by atoms with Crippen molar-refractivity contribution in [3.8, 4) is 0 Å². The first-order chi connectivity index (χ1) is 9.93. The summed E-state index contributed by atoms with van der Waals surface area (Å²) < 4.78 is 10.5. The summed E-state index contributed by atoms with van der Waals surface area (Å²) in [5.74, 6) is -0.580. The third kappa shape index (κ3) is 4.07. The lowest BCUT2D eigenvalue weighted by molar-refractivity contribution is -0.160. The van der Waals surface area contributed by atoms with Crippen molar-refractivity contribution < 1.29 is 24.2 Å². The molecular weight excluding hydrogens is 276 g/mol. The molecule has 2 amide bonds. The molecule has 1 N–H and O–H groups in total. The predicted octanol–water partition coefficient (Wildman–Crippen LogP) is 0.640. The van der Waals surface area contributed by atoms with Gasteiger partial charge in [-0.25, -0.2) is 9.59 Å². The molecule has 0 saturated carbocycles. The van der Waals surface area contributed by atoms with Gasteiger partial charge in [0.05, 0.1) is 19.7 Å². The molecule has 1 unspecified atom stereocenters. The maximum absolute atomic E-state index is 12.4. The zero-order chi connectivity index (χ0) is 15.5. The van der Waals surface area contributed by atoms with E-state index in [9.17, 15) is 9.59 Å². The van der Waals surface area contributed by atoms with Gasteiger partial charge in [0.15, 0.2) is 0 Å².